The molecule has 2 aromatic rings. The normalized spacial score (nSPS) is 14.2. The number of aliphatic hydroxyl groups excluding tert-OH is 1. The van der Waals surface area contributed by atoms with Crippen LogP contribution in [-0.4, -0.2) is 19.6 Å². The van der Waals surface area contributed by atoms with Crippen molar-refractivity contribution in [3.63, 3.8) is 0 Å². The first kappa shape index (κ1) is 11.8. The largest absolute Gasteiger partial charge is 0.417 e. The lowest BCUT2D eigenvalue weighted by atomic mass is 10.2. The molecule has 92 valence electrons. The minimum Gasteiger partial charge on any atom is -0.385 e. The predicted molar refractivity (Wildman–Crippen MR) is 54.1 cm³/mol. The summed E-state index contributed by atoms with van der Waals surface area (Å²) in [6.45, 7) is 1.49. The molecule has 0 aromatic carbocycles. The summed E-state index contributed by atoms with van der Waals surface area (Å²) in [6, 6.07) is 0.925. The number of fused-ring (bicyclic) bond motifs is 1. The molecule has 0 fully saturated rings. The Labute approximate surface area is 94.7 Å². The summed E-state index contributed by atoms with van der Waals surface area (Å²) in [6.07, 6.45) is -4.54. The molecule has 17 heavy (non-hydrogen) atoms. The van der Waals surface area contributed by atoms with Gasteiger partial charge in [0.15, 0.2) is 5.65 Å². The van der Waals surface area contributed by atoms with Gasteiger partial charge in [-0.1, -0.05) is 0 Å². The maximum Gasteiger partial charge on any atom is 0.417 e. The van der Waals surface area contributed by atoms with Crippen LogP contribution < -0.4 is 0 Å². The van der Waals surface area contributed by atoms with Crippen molar-refractivity contribution >= 4 is 11.2 Å². The van der Waals surface area contributed by atoms with E-state index in [0.717, 1.165) is 12.3 Å². The van der Waals surface area contributed by atoms with Crippen molar-refractivity contribution in [2.75, 3.05) is 0 Å². The summed E-state index contributed by atoms with van der Waals surface area (Å²) < 4.78 is 38.8. The smallest absolute Gasteiger partial charge is 0.385 e. The minimum absolute atomic E-state index is 0.123. The molecule has 2 heterocycles. The van der Waals surface area contributed by atoms with Crippen LogP contribution in [0.5, 0.6) is 0 Å². The first-order valence-electron chi connectivity index (χ1n) is 4.88. The first-order chi connectivity index (χ1) is 7.80. The summed E-state index contributed by atoms with van der Waals surface area (Å²) in [5.74, 6) is 0.284. The standard InChI is InChI=1S/C10H10F3N3O/c1-5(17)8-15-7-3-6(10(11,12)13)4-14-9(7)16(8)2/h3-5,17H,1-2H3/t5-/m0/s1. The number of aliphatic hydroxyl groups is 1. The molecule has 1 N–H and O–H groups in total. The van der Waals surface area contributed by atoms with Crippen LogP contribution in [-0.2, 0) is 13.2 Å². The van der Waals surface area contributed by atoms with E-state index in [-0.39, 0.29) is 11.3 Å². The Morgan fingerprint density at radius 2 is 2.06 bits per heavy atom. The highest BCUT2D eigenvalue weighted by molar-refractivity contribution is 5.72. The van der Waals surface area contributed by atoms with Crippen molar-refractivity contribution in [2.24, 2.45) is 7.05 Å². The zero-order valence-corrected chi connectivity index (χ0v) is 9.15. The van der Waals surface area contributed by atoms with Crippen LogP contribution in [0, 0.1) is 0 Å². The molecule has 0 saturated heterocycles. The van der Waals surface area contributed by atoms with Crippen LogP contribution in [0.25, 0.3) is 11.2 Å². The highest BCUT2D eigenvalue weighted by Crippen LogP contribution is 2.30. The number of halogens is 3. The molecule has 0 spiro atoms. The van der Waals surface area contributed by atoms with Crippen LogP contribution in [0.15, 0.2) is 12.3 Å². The maximum absolute atomic E-state index is 12.5. The molecule has 0 saturated carbocycles. The highest BCUT2D eigenvalue weighted by Gasteiger charge is 2.31. The molecule has 2 aromatic heterocycles. The number of hydrogen-bond donors (Lipinski definition) is 1. The average molecular weight is 245 g/mol. The second-order valence-electron chi connectivity index (χ2n) is 3.77. The van der Waals surface area contributed by atoms with E-state index in [4.69, 9.17) is 0 Å². The number of imidazole rings is 1. The second-order valence-corrected chi connectivity index (χ2v) is 3.77. The van der Waals surface area contributed by atoms with Gasteiger partial charge in [-0.25, -0.2) is 9.97 Å². The molecule has 7 heteroatoms. The van der Waals surface area contributed by atoms with Crippen molar-refractivity contribution in [3.05, 3.63) is 23.7 Å². The van der Waals surface area contributed by atoms with Crippen LogP contribution in [0.1, 0.15) is 24.4 Å². The van der Waals surface area contributed by atoms with Crippen molar-refractivity contribution < 1.29 is 18.3 Å². The molecule has 2 rings (SSSR count). The monoisotopic (exact) mass is 245 g/mol. The van der Waals surface area contributed by atoms with Gasteiger partial charge < -0.3 is 9.67 Å². The number of alkyl halides is 3. The van der Waals surface area contributed by atoms with Crippen molar-refractivity contribution in [1.29, 1.82) is 0 Å². The molecule has 4 nitrogen and oxygen atoms in total. The van der Waals surface area contributed by atoms with Gasteiger partial charge in [-0.2, -0.15) is 13.2 Å². The predicted octanol–water partition coefficient (Wildman–Crippen LogP) is 2.04. The lowest BCUT2D eigenvalue weighted by Gasteiger charge is -2.05. The van der Waals surface area contributed by atoms with Gasteiger partial charge in [0.2, 0.25) is 0 Å². The van der Waals surface area contributed by atoms with E-state index in [9.17, 15) is 18.3 Å². The van der Waals surface area contributed by atoms with E-state index in [1.165, 1.54) is 11.5 Å². The number of hydrogen-bond acceptors (Lipinski definition) is 3. The third kappa shape index (κ3) is 1.97. The van der Waals surface area contributed by atoms with E-state index in [1.807, 2.05) is 0 Å². The van der Waals surface area contributed by atoms with Gasteiger partial charge in [-0.05, 0) is 13.0 Å². The van der Waals surface area contributed by atoms with Crippen LogP contribution in [0.4, 0.5) is 13.2 Å². The Kier molecular flexibility index (Phi) is 2.57. The van der Waals surface area contributed by atoms with Crippen LogP contribution >= 0.6 is 0 Å². The number of rotatable bonds is 1. The highest BCUT2D eigenvalue weighted by atomic mass is 19.4. The summed E-state index contributed by atoms with van der Waals surface area (Å²) in [4.78, 5) is 7.66. The summed E-state index contributed by atoms with van der Waals surface area (Å²) in [5, 5.41) is 9.40. The number of aryl methyl sites for hydroxylation is 1. The average Bonchev–Trinajstić information content (AvgIpc) is 2.54. The third-order valence-corrected chi connectivity index (χ3v) is 2.44. The van der Waals surface area contributed by atoms with Crippen molar-refractivity contribution in [2.45, 2.75) is 19.2 Å². The van der Waals surface area contributed by atoms with Crippen molar-refractivity contribution in [3.8, 4) is 0 Å². The summed E-state index contributed by atoms with van der Waals surface area (Å²) >= 11 is 0. The van der Waals surface area contributed by atoms with Gasteiger partial charge in [-0.3, -0.25) is 0 Å². The van der Waals surface area contributed by atoms with Crippen LogP contribution in [0.2, 0.25) is 0 Å². The zero-order valence-electron chi connectivity index (χ0n) is 9.15. The molecule has 1 atom stereocenters. The Hall–Kier alpha value is -1.63. The van der Waals surface area contributed by atoms with Gasteiger partial charge in [0.05, 0.1) is 5.56 Å². The van der Waals surface area contributed by atoms with Gasteiger partial charge in [0.25, 0.3) is 0 Å². The lowest BCUT2D eigenvalue weighted by Crippen LogP contribution is -2.05. The Morgan fingerprint density at radius 3 is 2.59 bits per heavy atom. The molecule has 0 radical (unpaired) electrons. The van der Waals surface area contributed by atoms with Crippen LogP contribution in [0.3, 0.4) is 0 Å². The molecule has 0 bridgehead atoms. The second kappa shape index (κ2) is 3.69. The molecule has 0 amide bonds. The number of aromatic nitrogens is 3. The maximum atomic E-state index is 12.5. The number of nitrogens with zero attached hydrogens (tertiary/aromatic N) is 3. The third-order valence-electron chi connectivity index (χ3n) is 2.44. The van der Waals surface area contributed by atoms with Gasteiger partial charge >= 0.3 is 6.18 Å². The number of pyridine rings is 1. The van der Waals surface area contributed by atoms with E-state index >= 15 is 0 Å². The quantitative estimate of drug-likeness (QED) is 0.836. The van der Waals surface area contributed by atoms with Crippen molar-refractivity contribution in [1.82, 2.24) is 14.5 Å². The molecular formula is C10H10F3N3O. The molecule has 0 aliphatic carbocycles. The SMILES string of the molecule is C[C@H](O)c1nc2cc(C(F)(F)F)cnc2n1C. The topological polar surface area (TPSA) is 50.9 Å². The summed E-state index contributed by atoms with van der Waals surface area (Å²) in [7, 11) is 1.59. The van der Waals surface area contributed by atoms with E-state index < -0.39 is 17.8 Å². The Morgan fingerprint density at radius 1 is 1.41 bits per heavy atom. The van der Waals surface area contributed by atoms with Gasteiger partial charge in [-0.15, -0.1) is 0 Å². The fourth-order valence-electron chi connectivity index (χ4n) is 1.62. The molecule has 0 aliphatic rings. The van der Waals surface area contributed by atoms with E-state index in [0.29, 0.717) is 5.65 Å². The first-order valence-corrected chi connectivity index (χ1v) is 4.88. The minimum atomic E-state index is -4.44. The van der Waals surface area contributed by atoms with E-state index in [2.05, 4.69) is 9.97 Å². The van der Waals surface area contributed by atoms with E-state index in [1.54, 1.807) is 7.05 Å². The fraction of sp³-hybridized carbons (Fsp3) is 0.400. The fourth-order valence-corrected chi connectivity index (χ4v) is 1.62. The van der Waals surface area contributed by atoms with Gasteiger partial charge in [0, 0.05) is 13.2 Å². The Bertz CT molecular complexity index is 560. The zero-order chi connectivity index (χ0) is 12.8. The van der Waals surface area contributed by atoms with Gasteiger partial charge in [0.1, 0.15) is 17.4 Å². The lowest BCUT2D eigenvalue weighted by molar-refractivity contribution is -0.137. The Balaban J connectivity index is 2.64. The summed E-state index contributed by atoms with van der Waals surface area (Å²) in [5.41, 5.74) is -0.410. The molecular weight excluding hydrogens is 235 g/mol. The molecule has 0 unspecified atom stereocenters. The molecule has 0 aliphatic heterocycles.